The third-order valence-corrected chi connectivity index (χ3v) is 3.63. The van der Waals surface area contributed by atoms with Crippen molar-refractivity contribution in [3.8, 4) is 5.75 Å². The first kappa shape index (κ1) is 17.0. The molecule has 0 saturated heterocycles. The second-order valence-corrected chi connectivity index (χ2v) is 6.62. The van der Waals surface area contributed by atoms with Crippen molar-refractivity contribution in [1.29, 1.82) is 0 Å². The van der Waals surface area contributed by atoms with Crippen LogP contribution in [-0.4, -0.2) is 12.0 Å². The highest BCUT2D eigenvalue weighted by molar-refractivity contribution is 5.79. The highest BCUT2D eigenvalue weighted by Gasteiger charge is 2.19. The molecule has 0 heterocycles. The van der Waals surface area contributed by atoms with Crippen LogP contribution in [0, 0.1) is 5.82 Å². The van der Waals surface area contributed by atoms with E-state index in [-0.39, 0.29) is 5.41 Å². The summed E-state index contributed by atoms with van der Waals surface area (Å²) in [5.74, 6) is -0.700. The summed E-state index contributed by atoms with van der Waals surface area (Å²) in [6.45, 7) is 6.42. The maximum atomic E-state index is 13.2. The van der Waals surface area contributed by atoms with Crippen molar-refractivity contribution in [3.63, 3.8) is 0 Å². The second-order valence-electron chi connectivity index (χ2n) is 6.62. The average Bonchev–Trinajstić information content (AvgIpc) is 2.46. The lowest BCUT2D eigenvalue weighted by molar-refractivity contribution is -0.124. The van der Waals surface area contributed by atoms with Gasteiger partial charge in [-0.15, -0.1) is 0 Å². The lowest BCUT2D eigenvalue weighted by atomic mass is 9.86. The van der Waals surface area contributed by atoms with Crippen LogP contribution in [0.3, 0.4) is 0 Å². The molecule has 0 fully saturated rings. The van der Waals surface area contributed by atoms with E-state index in [9.17, 15) is 9.18 Å². The Morgan fingerprint density at radius 2 is 1.83 bits per heavy atom. The molecule has 2 aromatic carbocycles. The van der Waals surface area contributed by atoms with E-state index < -0.39 is 17.8 Å². The lowest BCUT2D eigenvalue weighted by Gasteiger charge is -2.20. The molecule has 2 rings (SSSR count). The smallest absolute Gasteiger partial charge is 0.258 e. The molecular weight excluding hydrogens is 293 g/mol. The number of nitrogens with two attached hydrogens (primary N) is 1. The largest absolute Gasteiger partial charge is 0.480 e. The predicted molar refractivity (Wildman–Crippen MR) is 88.9 cm³/mol. The first-order valence-corrected chi connectivity index (χ1v) is 7.56. The monoisotopic (exact) mass is 315 g/mol. The maximum absolute atomic E-state index is 13.2. The van der Waals surface area contributed by atoms with Crippen molar-refractivity contribution in [2.24, 2.45) is 5.73 Å². The summed E-state index contributed by atoms with van der Waals surface area (Å²) in [5, 5.41) is 0. The van der Waals surface area contributed by atoms with E-state index >= 15 is 0 Å². The summed E-state index contributed by atoms with van der Waals surface area (Å²) < 4.78 is 18.7. The molecule has 2 N–H and O–H groups in total. The van der Waals surface area contributed by atoms with Crippen LogP contribution >= 0.6 is 0 Å². The Morgan fingerprint density at radius 3 is 2.35 bits per heavy atom. The fourth-order valence-corrected chi connectivity index (χ4v) is 2.26. The number of halogens is 1. The molecule has 0 bridgehead atoms. The zero-order valence-corrected chi connectivity index (χ0v) is 13.7. The van der Waals surface area contributed by atoms with Crippen LogP contribution in [0.1, 0.15) is 31.9 Å². The summed E-state index contributed by atoms with van der Waals surface area (Å²) >= 11 is 0. The van der Waals surface area contributed by atoms with E-state index in [1.54, 1.807) is 6.07 Å². The molecule has 122 valence electrons. The number of rotatable bonds is 5. The molecule has 1 atom stereocenters. The van der Waals surface area contributed by atoms with Gasteiger partial charge in [0.15, 0.2) is 6.10 Å². The number of hydrogen-bond donors (Lipinski definition) is 1. The number of primary amides is 1. The number of carbonyl (C=O) groups excluding carboxylic acids is 1. The van der Waals surface area contributed by atoms with Crippen LogP contribution in [0.2, 0.25) is 0 Å². The summed E-state index contributed by atoms with van der Waals surface area (Å²) in [7, 11) is 0. The molecule has 1 unspecified atom stereocenters. The molecular formula is C19H22FNO2. The Bertz CT molecular complexity index is 675. The second kappa shape index (κ2) is 6.82. The normalized spacial score (nSPS) is 12.7. The van der Waals surface area contributed by atoms with E-state index in [2.05, 4.69) is 20.8 Å². The van der Waals surface area contributed by atoms with Gasteiger partial charge in [-0.05, 0) is 28.7 Å². The van der Waals surface area contributed by atoms with E-state index in [0.29, 0.717) is 12.2 Å². The summed E-state index contributed by atoms with van der Waals surface area (Å²) in [4.78, 5) is 11.6. The molecule has 2 aromatic rings. The van der Waals surface area contributed by atoms with Crippen molar-refractivity contribution in [3.05, 3.63) is 65.5 Å². The fourth-order valence-electron chi connectivity index (χ4n) is 2.26. The highest BCUT2D eigenvalue weighted by Crippen LogP contribution is 2.23. The quantitative estimate of drug-likeness (QED) is 0.916. The Hall–Kier alpha value is -2.36. The van der Waals surface area contributed by atoms with Gasteiger partial charge in [-0.1, -0.05) is 51.1 Å². The minimum atomic E-state index is -0.836. The van der Waals surface area contributed by atoms with Crippen LogP contribution in [0.25, 0.3) is 0 Å². The van der Waals surface area contributed by atoms with Gasteiger partial charge in [-0.2, -0.15) is 0 Å². The molecule has 0 aliphatic carbocycles. The van der Waals surface area contributed by atoms with Gasteiger partial charge in [0.25, 0.3) is 5.91 Å². The number of carbonyl (C=O) groups is 1. The van der Waals surface area contributed by atoms with Crippen LogP contribution < -0.4 is 10.5 Å². The molecule has 23 heavy (non-hydrogen) atoms. The number of amides is 1. The van der Waals surface area contributed by atoms with Crippen LogP contribution in [0.4, 0.5) is 4.39 Å². The number of benzene rings is 2. The third-order valence-electron chi connectivity index (χ3n) is 3.63. The van der Waals surface area contributed by atoms with E-state index in [4.69, 9.17) is 10.5 Å². The van der Waals surface area contributed by atoms with Crippen molar-refractivity contribution in [2.75, 3.05) is 0 Å². The third kappa shape index (κ3) is 4.81. The van der Waals surface area contributed by atoms with Crippen molar-refractivity contribution >= 4 is 5.91 Å². The molecule has 0 spiro atoms. The number of hydrogen-bond acceptors (Lipinski definition) is 2. The van der Waals surface area contributed by atoms with Crippen molar-refractivity contribution in [2.45, 2.75) is 38.7 Å². The predicted octanol–water partition coefficient (Wildman–Crippen LogP) is 3.60. The highest BCUT2D eigenvalue weighted by atomic mass is 19.1. The Labute approximate surface area is 136 Å². The number of ether oxygens (including phenoxy) is 1. The first-order chi connectivity index (χ1) is 10.8. The Balaban J connectivity index is 2.12. The van der Waals surface area contributed by atoms with Crippen LogP contribution in [0.15, 0.2) is 48.5 Å². The van der Waals surface area contributed by atoms with Crippen molar-refractivity contribution in [1.82, 2.24) is 0 Å². The minimum Gasteiger partial charge on any atom is -0.480 e. The van der Waals surface area contributed by atoms with Gasteiger partial charge in [0, 0.05) is 12.5 Å². The molecule has 1 amide bonds. The minimum absolute atomic E-state index is 0.0691. The average molecular weight is 315 g/mol. The van der Waals surface area contributed by atoms with E-state index in [1.807, 2.05) is 24.3 Å². The van der Waals surface area contributed by atoms with Gasteiger partial charge in [0.05, 0.1) is 0 Å². The van der Waals surface area contributed by atoms with Gasteiger partial charge < -0.3 is 10.5 Å². The SMILES string of the molecule is CC(C)(C)c1ccc(CC(Oc2cccc(F)c2)C(N)=O)cc1. The molecule has 0 saturated carbocycles. The Kier molecular flexibility index (Phi) is 5.04. The maximum Gasteiger partial charge on any atom is 0.258 e. The van der Waals surface area contributed by atoms with Gasteiger partial charge in [-0.25, -0.2) is 4.39 Å². The van der Waals surface area contributed by atoms with Crippen molar-refractivity contribution < 1.29 is 13.9 Å². The van der Waals surface area contributed by atoms with Gasteiger partial charge >= 0.3 is 0 Å². The van der Waals surface area contributed by atoms with Gasteiger partial charge in [0.1, 0.15) is 11.6 Å². The zero-order chi connectivity index (χ0) is 17.0. The molecule has 0 aliphatic rings. The molecule has 0 aromatic heterocycles. The van der Waals surface area contributed by atoms with Gasteiger partial charge in [0.2, 0.25) is 0 Å². The molecule has 0 aliphatic heterocycles. The Morgan fingerprint density at radius 1 is 1.17 bits per heavy atom. The van der Waals surface area contributed by atoms with E-state index in [0.717, 1.165) is 5.56 Å². The molecule has 3 nitrogen and oxygen atoms in total. The van der Waals surface area contributed by atoms with E-state index in [1.165, 1.54) is 23.8 Å². The van der Waals surface area contributed by atoms with Crippen LogP contribution in [-0.2, 0) is 16.6 Å². The summed E-state index contributed by atoms with van der Waals surface area (Å²) in [6.07, 6.45) is -0.492. The fraction of sp³-hybridized carbons (Fsp3) is 0.316. The zero-order valence-electron chi connectivity index (χ0n) is 13.7. The van der Waals surface area contributed by atoms with Crippen LogP contribution in [0.5, 0.6) is 5.75 Å². The first-order valence-electron chi connectivity index (χ1n) is 7.56. The standard InChI is InChI=1S/C19H22FNO2/c1-19(2,3)14-9-7-13(8-10-14)11-17(18(21)22)23-16-6-4-5-15(20)12-16/h4-10,12,17H,11H2,1-3H3,(H2,21,22). The summed E-state index contributed by atoms with van der Waals surface area (Å²) in [5.41, 5.74) is 7.63. The van der Waals surface area contributed by atoms with Gasteiger partial charge in [-0.3, -0.25) is 4.79 Å². The lowest BCUT2D eigenvalue weighted by Crippen LogP contribution is -2.35. The molecule has 4 heteroatoms. The summed E-state index contributed by atoms with van der Waals surface area (Å²) in [6, 6.07) is 13.7. The molecule has 0 radical (unpaired) electrons. The topological polar surface area (TPSA) is 52.3 Å².